The van der Waals surface area contributed by atoms with Crippen LogP contribution in [0.5, 0.6) is 0 Å². The molecule has 2 rings (SSSR count). The summed E-state index contributed by atoms with van der Waals surface area (Å²) < 4.78 is 0. The van der Waals surface area contributed by atoms with Gasteiger partial charge in [0.05, 0.1) is 21.0 Å². The van der Waals surface area contributed by atoms with E-state index in [-0.39, 0.29) is 22.5 Å². The predicted molar refractivity (Wildman–Crippen MR) is 79.6 cm³/mol. The molecule has 0 atom stereocenters. The van der Waals surface area contributed by atoms with Crippen molar-refractivity contribution in [2.24, 2.45) is 0 Å². The number of carbonyl (C=O) groups excluding carboxylic acids is 1. The van der Waals surface area contributed by atoms with E-state index < -0.39 is 15.6 Å². The minimum Gasteiger partial charge on any atom is -0.289 e. The van der Waals surface area contributed by atoms with Crippen molar-refractivity contribution in [1.29, 1.82) is 0 Å². The van der Waals surface area contributed by atoms with Crippen molar-refractivity contribution in [3.8, 4) is 0 Å². The molecule has 22 heavy (non-hydrogen) atoms. The van der Waals surface area contributed by atoms with Crippen LogP contribution in [0.4, 0.5) is 11.4 Å². The molecule has 0 spiro atoms. The van der Waals surface area contributed by atoms with Gasteiger partial charge in [0.15, 0.2) is 5.78 Å². The summed E-state index contributed by atoms with van der Waals surface area (Å²) in [6.45, 7) is 0. The van der Waals surface area contributed by atoms with Crippen LogP contribution < -0.4 is 0 Å². The molecule has 0 aliphatic rings. The molecular formula is C15H10N2O5. The topological polar surface area (TPSA) is 103 Å². The summed E-state index contributed by atoms with van der Waals surface area (Å²) in [7, 11) is 0. The maximum Gasteiger partial charge on any atom is 0.280 e. The van der Waals surface area contributed by atoms with Crippen LogP contribution >= 0.6 is 0 Å². The number of hydrogen-bond acceptors (Lipinski definition) is 5. The van der Waals surface area contributed by atoms with Gasteiger partial charge < -0.3 is 0 Å². The molecule has 7 nitrogen and oxygen atoms in total. The number of rotatable bonds is 5. The van der Waals surface area contributed by atoms with E-state index in [9.17, 15) is 25.0 Å². The van der Waals surface area contributed by atoms with Crippen LogP contribution in [0.25, 0.3) is 6.08 Å². The molecule has 7 heteroatoms. The average Bonchev–Trinajstić information content (AvgIpc) is 2.52. The molecule has 110 valence electrons. The Morgan fingerprint density at radius 1 is 0.864 bits per heavy atom. The number of benzene rings is 2. The summed E-state index contributed by atoms with van der Waals surface area (Å²) in [5.74, 6) is -0.592. The van der Waals surface area contributed by atoms with Gasteiger partial charge in [0.25, 0.3) is 11.4 Å². The van der Waals surface area contributed by atoms with Gasteiger partial charge in [-0.15, -0.1) is 0 Å². The molecule has 0 saturated carbocycles. The summed E-state index contributed by atoms with van der Waals surface area (Å²) in [5, 5.41) is 21.8. The van der Waals surface area contributed by atoms with E-state index in [1.165, 1.54) is 48.5 Å². The Labute approximate surface area is 124 Å². The van der Waals surface area contributed by atoms with Crippen molar-refractivity contribution in [1.82, 2.24) is 0 Å². The molecular weight excluding hydrogens is 288 g/mol. The third-order valence-corrected chi connectivity index (χ3v) is 2.91. The third kappa shape index (κ3) is 3.21. The highest BCUT2D eigenvalue weighted by Gasteiger charge is 2.17. The predicted octanol–water partition coefficient (Wildman–Crippen LogP) is 3.40. The van der Waals surface area contributed by atoms with Gasteiger partial charge >= 0.3 is 0 Å². The van der Waals surface area contributed by atoms with E-state index in [1.807, 2.05) is 0 Å². The van der Waals surface area contributed by atoms with Crippen molar-refractivity contribution in [2.75, 3.05) is 0 Å². The first-order valence-corrected chi connectivity index (χ1v) is 6.20. The van der Waals surface area contributed by atoms with E-state index in [2.05, 4.69) is 0 Å². The Morgan fingerprint density at radius 3 is 2.05 bits per heavy atom. The minimum absolute atomic E-state index is 0.0673. The maximum atomic E-state index is 12.1. The molecule has 0 amide bonds. The smallest absolute Gasteiger partial charge is 0.280 e. The number of nitro groups is 2. The standard InChI is InChI=1S/C15H10N2O5/c18-15(12-6-2-4-8-14(12)17(21)22)10-9-11-5-1-3-7-13(11)16(19)20/h1-10H. The normalized spacial score (nSPS) is 10.5. The lowest BCUT2D eigenvalue weighted by atomic mass is 10.1. The molecule has 2 aromatic carbocycles. The molecule has 0 heterocycles. The highest BCUT2D eigenvalue weighted by molar-refractivity contribution is 6.09. The van der Waals surface area contributed by atoms with Gasteiger partial charge in [-0.05, 0) is 24.3 Å². The largest absolute Gasteiger partial charge is 0.289 e. The van der Waals surface area contributed by atoms with Gasteiger partial charge in [0.2, 0.25) is 0 Å². The zero-order valence-corrected chi connectivity index (χ0v) is 11.2. The molecule has 0 bridgehead atoms. The molecule has 2 aromatic rings. The second-order valence-corrected chi connectivity index (χ2v) is 4.29. The minimum atomic E-state index is -0.647. The van der Waals surface area contributed by atoms with Crippen LogP contribution in [-0.2, 0) is 0 Å². The van der Waals surface area contributed by atoms with E-state index in [0.717, 1.165) is 6.08 Å². The molecule has 0 aliphatic carbocycles. The molecule has 0 N–H and O–H groups in total. The number of para-hydroxylation sites is 2. The van der Waals surface area contributed by atoms with Gasteiger partial charge in [-0.25, -0.2) is 0 Å². The summed E-state index contributed by atoms with van der Waals surface area (Å²) >= 11 is 0. The third-order valence-electron chi connectivity index (χ3n) is 2.91. The first-order chi connectivity index (χ1) is 10.5. The van der Waals surface area contributed by atoms with E-state index in [4.69, 9.17) is 0 Å². The quantitative estimate of drug-likeness (QED) is 0.364. The van der Waals surface area contributed by atoms with Crippen LogP contribution in [-0.4, -0.2) is 15.6 Å². The Kier molecular flexibility index (Phi) is 4.38. The maximum absolute atomic E-state index is 12.1. The number of nitrogens with zero attached hydrogens (tertiary/aromatic N) is 2. The van der Waals surface area contributed by atoms with Crippen LogP contribution in [0.1, 0.15) is 15.9 Å². The van der Waals surface area contributed by atoms with Crippen molar-refractivity contribution < 1.29 is 14.6 Å². The first kappa shape index (κ1) is 15.0. The Hall–Kier alpha value is -3.35. The fraction of sp³-hybridized carbons (Fsp3) is 0. The van der Waals surface area contributed by atoms with Crippen molar-refractivity contribution >= 4 is 23.2 Å². The van der Waals surface area contributed by atoms with Gasteiger partial charge in [0, 0.05) is 12.1 Å². The van der Waals surface area contributed by atoms with Gasteiger partial charge in [-0.2, -0.15) is 0 Å². The van der Waals surface area contributed by atoms with Gasteiger partial charge in [0.1, 0.15) is 0 Å². The van der Waals surface area contributed by atoms with Gasteiger partial charge in [-0.3, -0.25) is 25.0 Å². The zero-order chi connectivity index (χ0) is 16.1. The second-order valence-electron chi connectivity index (χ2n) is 4.29. The fourth-order valence-corrected chi connectivity index (χ4v) is 1.89. The molecule has 0 aliphatic heterocycles. The lowest BCUT2D eigenvalue weighted by Gasteiger charge is -1.99. The SMILES string of the molecule is O=C(C=Cc1ccccc1[N+](=O)[O-])c1ccccc1[N+](=O)[O-]. The van der Waals surface area contributed by atoms with E-state index in [1.54, 1.807) is 6.07 Å². The van der Waals surface area contributed by atoms with Crippen molar-refractivity contribution in [2.45, 2.75) is 0 Å². The molecule has 0 saturated heterocycles. The number of allylic oxidation sites excluding steroid dienone is 1. The van der Waals surface area contributed by atoms with Crippen molar-refractivity contribution in [3.05, 3.63) is 86.0 Å². The highest BCUT2D eigenvalue weighted by atomic mass is 16.6. The van der Waals surface area contributed by atoms with E-state index in [0.29, 0.717) is 0 Å². The second kappa shape index (κ2) is 6.40. The van der Waals surface area contributed by atoms with Crippen LogP contribution in [0, 0.1) is 20.2 Å². The lowest BCUT2D eigenvalue weighted by Crippen LogP contribution is -2.00. The summed E-state index contributed by atoms with van der Waals surface area (Å²) in [6, 6.07) is 11.5. The number of carbonyl (C=O) groups is 1. The zero-order valence-electron chi connectivity index (χ0n) is 11.2. The summed E-state index contributed by atoms with van der Waals surface area (Å²) in [5.41, 5.74) is -0.268. The Balaban J connectivity index is 2.34. The Morgan fingerprint density at radius 2 is 1.41 bits per heavy atom. The number of ketones is 1. The van der Waals surface area contributed by atoms with E-state index >= 15 is 0 Å². The van der Waals surface area contributed by atoms with Crippen LogP contribution in [0.15, 0.2) is 54.6 Å². The molecule has 0 unspecified atom stereocenters. The fourth-order valence-electron chi connectivity index (χ4n) is 1.89. The van der Waals surface area contributed by atoms with Crippen molar-refractivity contribution in [3.63, 3.8) is 0 Å². The number of hydrogen-bond donors (Lipinski definition) is 0. The Bertz CT molecular complexity index is 783. The average molecular weight is 298 g/mol. The summed E-state index contributed by atoms with van der Waals surface area (Å²) in [4.78, 5) is 32.6. The first-order valence-electron chi connectivity index (χ1n) is 6.20. The van der Waals surface area contributed by atoms with Gasteiger partial charge in [-0.1, -0.05) is 24.3 Å². The molecule has 0 aromatic heterocycles. The number of nitro benzene ring substituents is 2. The summed E-state index contributed by atoms with van der Waals surface area (Å²) in [6.07, 6.45) is 2.36. The van der Waals surface area contributed by atoms with Crippen LogP contribution in [0.2, 0.25) is 0 Å². The molecule has 0 radical (unpaired) electrons. The van der Waals surface area contributed by atoms with Crippen LogP contribution in [0.3, 0.4) is 0 Å². The highest BCUT2D eigenvalue weighted by Crippen LogP contribution is 2.21. The molecule has 0 fully saturated rings. The lowest BCUT2D eigenvalue weighted by molar-refractivity contribution is -0.385. The monoisotopic (exact) mass is 298 g/mol.